The summed E-state index contributed by atoms with van der Waals surface area (Å²) in [6, 6.07) is -0.0252. The van der Waals surface area contributed by atoms with Crippen molar-refractivity contribution in [3.05, 3.63) is 0 Å². The zero-order valence-corrected chi connectivity index (χ0v) is 10.6. The van der Waals surface area contributed by atoms with Gasteiger partial charge in [-0.05, 0) is 6.92 Å². The summed E-state index contributed by atoms with van der Waals surface area (Å²) < 4.78 is 10.0. The van der Waals surface area contributed by atoms with Crippen molar-refractivity contribution in [1.82, 2.24) is 4.90 Å². The van der Waals surface area contributed by atoms with Crippen LogP contribution < -0.4 is 0 Å². The second-order valence-corrected chi connectivity index (χ2v) is 3.89. The van der Waals surface area contributed by atoms with E-state index in [2.05, 4.69) is 4.90 Å². The van der Waals surface area contributed by atoms with Gasteiger partial charge in [-0.1, -0.05) is 6.92 Å². The van der Waals surface area contributed by atoms with Gasteiger partial charge in [-0.2, -0.15) is 0 Å². The second-order valence-electron chi connectivity index (χ2n) is 3.89. The predicted octanol–water partition coefficient (Wildman–Crippen LogP) is 0.690. The molecule has 0 radical (unpaired) electrons. The Morgan fingerprint density at radius 1 is 1.19 bits per heavy atom. The highest BCUT2D eigenvalue weighted by atomic mass is 16.5. The van der Waals surface area contributed by atoms with Crippen molar-refractivity contribution in [1.29, 1.82) is 0 Å². The van der Waals surface area contributed by atoms with E-state index in [4.69, 9.17) is 14.6 Å². The van der Waals surface area contributed by atoms with Crippen molar-refractivity contribution in [3.8, 4) is 0 Å². The van der Waals surface area contributed by atoms with Gasteiger partial charge in [0.25, 0.3) is 0 Å². The highest BCUT2D eigenvalue weighted by Gasteiger charge is 2.24. The number of carbonyl (C=O) groups is 1. The first-order valence-electron chi connectivity index (χ1n) is 5.49. The number of methoxy groups -OCH3 is 2. The lowest BCUT2D eigenvalue weighted by molar-refractivity contribution is -0.143. The van der Waals surface area contributed by atoms with Gasteiger partial charge in [0.05, 0.1) is 19.1 Å². The highest BCUT2D eigenvalue weighted by molar-refractivity contribution is 5.70. The van der Waals surface area contributed by atoms with E-state index in [0.717, 1.165) is 13.1 Å². The summed E-state index contributed by atoms with van der Waals surface area (Å²) in [4.78, 5) is 13.0. The summed E-state index contributed by atoms with van der Waals surface area (Å²) >= 11 is 0. The van der Waals surface area contributed by atoms with Crippen molar-refractivity contribution in [3.63, 3.8) is 0 Å². The highest BCUT2D eigenvalue weighted by Crippen LogP contribution is 2.10. The van der Waals surface area contributed by atoms with Gasteiger partial charge in [-0.3, -0.25) is 9.69 Å². The van der Waals surface area contributed by atoms with Crippen LogP contribution in [0.5, 0.6) is 0 Å². The normalized spacial score (nSPS) is 15.1. The van der Waals surface area contributed by atoms with E-state index in [0.29, 0.717) is 13.2 Å². The maximum Gasteiger partial charge on any atom is 0.307 e. The zero-order valence-electron chi connectivity index (χ0n) is 10.6. The van der Waals surface area contributed by atoms with E-state index < -0.39 is 11.9 Å². The molecular weight excluding hydrogens is 210 g/mol. The molecule has 5 nitrogen and oxygen atoms in total. The van der Waals surface area contributed by atoms with Crippen LogP contribution in [0.2, 0.25) is 0 Å². The topological polar surface area (TPSA) is 59.0 Å². The Kier molecular flexibility index (Phi) is 8.15. The van der Waals surface area contributed by atoms with E-state index >= 15 is 0 Å². The summed E-state index contributed by atoms with van der Waals surface area (Å²) in [5.74, 6) is -1.17. The van der Waals surface area contributed by atoms with Gasteiger partial charge in [0, 0.05) is 33.4 Å². The van der Waals surface area contributed by atoms with Crippen molar-refractivity contribution >= 4 is 5.97 Å². The molecule has 2 atom stereocenters. The SMILES string of the molecule is COCCN(CCOC)C(C)C(C)C(=O)O. The van der Waals surface area contributed by atoms with Gasteiger partial charge in [0.2, 0.25) is 0 Å². The summed E-state index contributed by atoms with van der Waals surface area (Å²) in [5.41, 5.74) is 0. The standard InChI is InChI=1S/C11H23NO4/c1-9(11(13)14)10(2)12(5-7-15-3)6-8-16-4/h9-10H,5-8H2,1-4H3,(H,13,14). The molecule has 0 aromatic rings. The average molecular weight is 233 g/mol. The maximum atomic E-state index is 10.9. The number of carboxylic acids is 1. The van der Waals surface area contributed by atoms with Crippen molar-refractivity contribution in [2.75, 3.05) is 40.5 Å². The molecular formula is C11H23NO4. The van der Waals surface area contributed by atoms with E-state index in [1.165, 1.54) is 0 Å². The first kappa shape index (κ1) is 15.3. The van der Waals surface area contributed by atoms with Gasteiger partial charge in [0.1, 0.15) is 0 Å². The molecule has 0 amide bonds. The summed E-state index contributed by atoms with van der Waals surface area (Å²) in [5, 5.41) is 8.96. The van der Waals surface area contributed by atoms with E-state index in [1.54, 1.807) is 21.1 Å². The molecule has 0 aliphatic rings. The largest absolute Gasteiger partial charge is 0.481 e. The number of rotatable bonds is 9. The molecule has 0 saturated carbocycles. The van der Waals surface area contributed by atoms with Crippen LogP contribution >= 0.6 is 0 Å². The molecule has 96 valence electrons. The van der Waals surface area contributed by atoms with Crippen LogP contribution in [0.15, 0.2) is 0 Å². The van der Waals surface area contributed by atoms with Crippen LogP contribution in [0, 0.1) is 5.92 Å². The fraction of sp³-hybridized carbons (Fsp3) is 0.909. The maximum absolute atomic E-state index is 10.9. The fourth-order valence-corrected chi connectivity index (χ4v) is 1.46. The minimum Gasteiger partial charge on any atom is -0.481 e. The number of hydrogen-bond donors (Lipinski definition) is 1. The number of carboxylic acid groups (broad SMARTS) is 1. The van der Waals surface area contributed by atoms with Gasteiger partial charge >= 0.3 is 5.97 Å². The van der Waals surface area contributed by atoms with Crippen LogP contribution in [-0.4, -0.2) is 62.5 Å². The average Bonchev–Trinajstić information content (AvgIpc) is 2.27. The Morgan fingerprint density at radius 3 is 1.94 bits per heavy atom. The Bertz CT molecular complexity index is 190. The molecule has 16 heavy (non-hydrogen) atoms. The van der Waals surface area contributed by atoms with Crippen LogP contribution in [0.1, 0.15) is 13.8 Å². The summed E-state index contributed by atoms with van der Waals surface area (Å²) in [6.07, 6.45) is 0. The smallest absolute Gasteiger partial charge is 0.307 e. The third kappa shape index (κ3) is 5.44. The lowest BCUT2D eigenvalue weighted by atomic mass is 10.0. The molecule has 0 rings (SSSR count). The van der Waals surface area contributed by atoms with Gasteiger partial charge in [-0.25, -0.2) is 0 Å². The van der Waals surface area contributed by atoms with Crippen LogP contribution in [0.25, 0.3) is 0 Å². The molecule has 2 unspecified atom stereocenters. The number of ether oxygens (including phenoxy) is 2. The monoisotopic (exact) mass is 233 g/mol. The third-order valence-corrected chi connectivity index (χ3v) is 2.85. The van der Waals surface area contributed by atoms with Gasteiger partial charge in [-0.15, -0.1) is 0 Å². The Morgan fingerprint density at radius 2 is 1.62 bits per heavy atom. The number of aliphatic carboxylic acids is 1. The Labute approximate surface area is 97.3 Å². The van der Waals surface area contributed by atoms with Crippen LogP contribution in [0.4, 0.5) is 0 Å². The molecule has 1 N–H and O–H groups in total. The second kappa shape index (κ2) is 8.50. The molecule has 0 spiro atoms. The molecule has 0 saturated heterocycles. The lowest BCUT2D eigenvalue weighted by Gasteiger charge is -2.31. The first-order valence-corrected chi connectivity index (χ1v) is 5.49. The van der Waals surface area contributed by atoms with Crippen molar-refractivity contribution < 1.29 is 19.4 Å². The molecule has 0 aromatic heterocycles. The number of nitrogens with zero attached hydrogens (tertiary/aromatic N) is 1. The Balaban J connectivity index is 4.28. The molecule has 0 fully saturated rings. The molecule has 5 heteroatoms. The quantitative estimate of drug-likeness (QED) is 0.635. The molecule has 0 aliphatic heterocycles. The number of hydrogen-bond acceptors (Lipinski definition) is 4. The van der Waals surface area contributed by atoms with Crippen LogP contribution in [-0.2, 0) is 14.3 Å². The molecule has 0 aromatic carbocycles. The van der Waals surface area contributed by atoms with Gasteiger partial charge < -0.3 is 14.6 Å². The van der Waals surface area contributed by atoms with E-state index in [1.807, 2.05) is 6.92 Å². The summed E-state index contributed by atoms with van der Waals surface area (Å²) in [7, 11) is 3.28. The molecule has 0 bridgehead atoms. The molecule has 0 heterocycles. The van der Waals surface area contributed by atoms with Crippen LogP contribution in [0.3, 0.4) is 0 Å². The predicted molar refractivity (Wildman–Crippen MR) is 61.6 cm³/mol. The van der Waals surface area contributed by atoms with E-state index in [9.17, 15) is 4.79 Å². The minimum atomic E-state index is -0.771. The van der Waals surface area contributed by atoms with Gasteiger partial charge in [0.15, 0.2) is 0 Å². The minimum absolute atomic E-state index is 0.0252. The lowest BCUT2D eigenvalue weighted by Crippen LogP contribution is -2.43. The third-order valence-electron chi connectivity index (χ3n) is 2.85. The first-order chi connectivity index (χ1) is 7.54. The summed E-state index contributed by atoms with van der Waals surface area (Å²) in [6.45, 7) is 6.28. The fourth-order valence-electron chi connectivity index (χ4n) is 1.46. The van der Waals surface area contributed by atoms with Crippen molar-refractivity contribution in [2.45, 2.75) is 19.9 Å². The zero-order chi connectivity index (χ0) is 12.6. The van der Waals surface area contributed by atoms with Crippen molar-refractivity contribution in [2.24, 2.45) is 5.92 Å². The van der Waals surface area contributed by atoms with E-state index in [-0.39, 0.29) is 6.04 Å². The Hall–Kier alpha value is -0.650. The molecule has 0 aliphatic carbocycles.